The standard InChI is InChI=1S/C15H17NO5/c1-15(8-21-9-15)6-5-13(17)16-10-3-4-11(14(18)19)12(7-10)20-2/h3-7H,8-9H2,1-2H3,(H,16,17)(H,18,19)/b6-5+. The van der Waals surface area contributed by atoms with Gasteiger partial charge in [0.25, 0.3) is 0 Å². The fourth-order valence-corrected chi connectivity index (χ4v) is 1.93. The van der Waals surface area contributed by atoms with Crippen LogP contribution in [0.25, 0.3) is 0 Å². The van der Waals surface area contributed by atoms with Gasteiger partial charge in [-0.25, -0.2) is 4.79 Å². The number of carbonyl (C=O) groups excluding carboxylic acids is 1. The summed E-state index contributed by atoms with van der Waals surface area (Å²) in [7, 11) is 1.38. The van der Waals surface area contributed by atoms with Crippen LogP contribution in [0.1, 0.15) is 17.3 Å². The number of carbonyl (C=O) groups is 2. The molecule has 1 aromatic carbocycles. The predicted octanol–water partition coefficient (Wildman–Crippen LogP) is 1.92. The third-order valence-corrected chi connectivity index (χ3v) is 3.20. The van der Waals surface area contributed by atoms with Crippen LogP contribution >= 0.6 is 0 Å². The second kappa shape index (κ2) is 5.97. The van der Waals surface area contributed by atoms with Crippen LogP contribution in [0.2, 0.25) is 0 Å². The second-order valence-electron chi connectivity index (χ2n) is 5.19. The van der Waals surface area contributed by atoms with Gasteiger partial charge in [-0.15, -0.1) is 0 Å². The number of nitrogens with one attached hydrogen (secondary N) is 1. The quantitative estimate of drug-likeness (QED) is 0.810. The first-order valence-corrected chi connectivity index (χ1v) is 6.43. The molecule has 6 nitrogen and oxygen atoms in total. The molecule has 6 heteroatoms. The van der Waals surface area contributed by atoms with Gasteiger partial charge in [-0.2, -0.15) is 0 Å². The molecule has 1 aliphatic heterocycles. The minimum Gasteiger partial charge on any atom is -0.496 e. The highest BCUT2D eigenvalue weighted by atomic mass is 16.5. The molecule has 0 unspecified atom stereocenters. The molecule has 2 N–H and O–H groups in total. The molecular formula is C15H17NO5. The van der Waals surface area contributed by atoms with Crippen molar-refractivity contribution in [3.8, 4) is 5.75 Å². The summed E-state index contributed by atoms with van der Waals surface area (Å²) >= 11 is 0. The molecule has 1 fully saturated rings. The Kier molecular flexibility index (Phi) is 4.28. The lowest BCUT2D eigenvalue weighted by Gasteiger charge is -2.35. The molecule has 0 aliphatic carbocycles. The SMILES string of the molecule is COc1cc(NC(=O)/C=C/C2(C)COC2)ccc1C(=O)O. The highest BCUT2D eigenvalue weighted by molar-refractivity contribution is 6.00. The minimum atomic E-state index is -1.08. The van der Waals surface area contributed by atoms with Crippen molar-refractivity contribution >= 4 is 17.6 Å². The molecule has 1 aliphatic rings. The van der Waals surface area contributed by atoms with Crippen molar-refractivity contribution in [1.29, 1.82) is 0 Å². The zero-order valence-electron chi connectivity index (χ0n) is 11.9. The molecule has 0 bridgehead atoms. The largest absolute Gasteiger partial charge is 0.496 e. The van der Waals surface area contributed by atoms with Gasteiger partial charge in [0, 0.05) is 17.2 Å². The summed E-state index contributed by atoms with van der Waals surface area (Å²) in [5, 5.41) is 11.7. The molecule has 112 valence electrons. The topological polar surface area (TPSA) is 84.9 Å². The number of hydrogen-bond acceptors (Lipinski definition) is 4. The van der Waals surface area contributed by atoms with E-state index in [0.29, 0.717) is 18.9 Å². The first-order chi connectivity index (χ1) is 9.93. The smallest absolute Gasteiger partial charge is 0.339 e. The number of carboxylic acid groups (broad SMARTS) is 1. The van der Waals surface area contributed by atoms with Crippen LogP contribution in [0.4, 0.5) is 5.69 Å². The van der Waals surface area contributed by atoms with E-state index >= 15 is 0 Å². The summed E-state index contributed by atoms with van der Waals surface area (Å²) in [5.41, 5.74) is 0.439. The van der Waals surface area contributed by atoms with Crippen molar-refractivity contribution < 1.29 is 24.2 Å². The van der Waals surface area contributed by atoms with E-state index in [1.165, 1.54) is 31.4 Å². The molecule has 0 aromatic heterocycles. The van der Waals surface area contributed by atoms with Gasteiger partial charge in [-0.05, 0) is 18.2 Å². The number of aromatic carboxylic acids is 1. The molecule has 0 saturated carbocycles. The Bertz CT molecular complexity index is 590. The Morgan fingerprint density at radius 3 is 2.67 bits per heavy atom. The molecule has 1 saturated heterocycles. The summed E-state index contributed by atoms with van der Waals surface area (Å²) in [6, 6.07) is 4.39. The van der Waals surface area contributed by atoms with Crippen molar-refractivity contribution in [1.82, 2.24) is 0 Å². The molecule has 1 aromatic rings. The van der Waals surface area contributed by atoms with Crippen LogP contribution in [-0.4, -0.2) is 37.3 Å². The van der Waals surface area contributed by atoms with E-state index < -0.39 is 5.97 Å². The average molecular weight is 291 g/mol. The first-order valence-electron chi connectivity index (χ1n) is 6.43. The third-order valence-electron chi connectivity index (χ3n) is 3.20. The second-order valence-corrected chi connectivity index (χ2v) is 5.19. The molecule has 0 atom stereocenters. The molecule has 0 radical (unpaired) electrons. The lowest BCUT2D eigenvalue weighted by molar-refractivity contribution is -0.112. The number of benzene rings is 1. The Balaban J connectivity index is 2.05. The normalized spacial score (nSPS) is 16.3. The van der Waals surface area contributed by atoms with Gasteiger partial charge in [0.05, 0.1) is 20.3 Å². The Morgan fingerprint density at radius 2 is 2.14 bits per heavy atom. The number of methoxy groups -OCH3 is 1. The molecule has 21 heavy (non-hydrogen) atoms. The highest BCUT2D eigenvalue weighted by Gasteiger charge is 2.30. The van der Waals surface area contributed by atoms with E-state index in [0.717, 1.165) is 0 Å². The van der Waals surface area contributed by atoms with E-state index in [9.17, 15) is 9.59 Å². The number of rotatable bonds is 5. The average Bonchev–Trinajstić information content (AvgIpc) is 2.42. The Labute approximate surface area is 122 Å². The summed E-state index contributed by atoms with van der Waals surface area (Å²) < 4.78 is 10.1. The lowest BCUT2D eigenvalue weighted by atomic mass is 9.88. The summed E-state index contributed by atoms with van der Waals surface area (Å²) in [6.07, 6.45) is 3.27. The van der Waals surface area contributed by atoms with E-state index in [2.05, 4.69) is 5.32 Å². The lowest BCUT2D eigenvalue weighted by Crippen LogP contribution is -2.37. The maximum absolute atomic E-state index is 11.8. The molecule has 1 heterocycles. The molecule has 2 rings (SSSR count). The zero-order valence-corrected chi connectivity index (χ0v) is 11.9. The summed E-state index contributed by atoms with van der Waals surface area (Å²) in [4.78, 5) is 22.8. The van der Waals surface area contributed by atoms with Crippen LogP contribution < -0.4 is 10.1 Å². The number of anilines is 1. The van der Waals surface area contributed by atoms with Crippen molar-refractivity contribution in [3.05, 3.63) is 35.9 Å². The summed E-state index contributed by atoms with van der Waals surface area (Å²) in [6.45, 7) is 3.22. The van der Waals surface area contributed by atoms with Gasteiger partial charge in [0.1, 0.15) is 11.3 Å². The number of amides is 1. The van der Waals surface area contributed by atoms with Gasteiger partial charge in [0.15, 0.2) is 0 Å². The highest BCUT2D eigenvalue weighted by Crippen LogP contribution is 2.28. The van der Waals surface area contributed by atoms with Crippen molar-refractivity contribution in [2.45, 2.75) is 6.92 Å². The number of hydrogen-bond donors (Lipinski definition) is 2. The Hall–Kier alpha value is -2.34. The van der Waals surface area contributed by atoms with E-state index in [1.807, 2.05) is 13.0 Å². The van der Waals surface area contributed by atoms with Crippen LogP contribution in [0, 0.1) is 5.41 Å². The van der Waals surface area contributed by atoms with Crippen LogP contribution in [0.5, 0.6) is 5.75 Å². The summed E-state index contributed by atoms with van der Waals surface area (Å²) in [5.74, 6) is -1.17. The number of ether oxygens (including phenoxy) is 2. The molecule has 0 spiro atoms. The fraction of sp³-hybridized carbons (Fsp3) is 0.333. The monoisotopic (exact) mass is 291 g/mol. The van der Waals surface area contributed by atoms with Crippen molar-refractivity contribution in [2.75, 3.05) is 25.6 Å². The minimum absolute atomic E-state index is 0.0465. The predicted molar refractivity (Wildman–Crippen MR) is 76.6 cm³/mol. The van der Waals surface area contributed by atoms with Crippen molar-refractivity contribution in [2.24, 2.45) is 5.41 Å². The van der Waals surface area contributed by atoms with Gasteiger partial charge >= 0.3 is 5.97 Å². The van der Waals surface area contributed by atoms with Gasteiger partial charge in [-0.3, -0.25) is 4.79 Å². The Morgan fingerprint density at radius 1 is 1.43 bits per heavy atom. The van der Waals surface area contributed by atoms with E-state index in [4.69, 9.17) is 14.6 Å². The number of carboxylic acids is 1. The zero-order chi connectivity index (χ0) is 15.5. The van der Waals surface area contributed by atoms with Crippen LogP contribution in [-0.2, 0) is 9.53 Å². The first kappa shape index (κ1) is 15.1. The van der Waals surface area contributed by atoms with Crippen LogP contribution in [0.3, 0.4) is 0 Å². The van der Waals surface area contributed by atoms with Gasteiger partial charge < -0.3 is 19.9 Å². The maximum Gasteiger partial charge on any atom is 0.339 e. The third kappa shape index (κ3) is 3.61. The van der Waals surface area contributed by atoms with Gasteiger partial charge in [-0.1, -0.05) is 13.0 Å². The van der Waals surface area contributed by atoms with E-state index in [1.54, 1.807) is 0 Å². The van der Waals surface area contributed by atoms with E-state index in [-0.39, 0.29) is 22.6 Å². The van der Waals surface area contributed by atoms with Crippen LogP contribution in [0.15, 0.2) is 30.4 Å². The van der Waals surface area contributed by atoms with Gasteiger partial charge in [0.2, 0.25) is 5.91 Å². The molecular weight excluding hydrogens is 274 g/mol. The van der Waals surface area contributed by atoms with Crippen molar-refractivity contribution in [3.63, 3.8) is 0 Å². The maximum atomic E-state index is 11.8. The molecule has 1 amide bonds. The fourth-order valence-electron chi connectivity index (χ4n) is 1.93.